The third-order valence-electron chi connectivity index (χ3n) is 21.8. The van der Waals surface area contributed by atoms with Gasteiger partial charge in [-0.1, -0.05) is 437 Å². The van der Waals surface area contributed by atoms with E-state index in [4.69, 9.17) is 18.9 Å². The van der Waals surface area contributed by atoms with E-state index in [1.54, 1.807) is 12.4 Å². The second-order valence-electron chi connectivity index (χ2n) is 31.9. The zero-order chi connectivity index (χ0) is 75.7. The first kappa shape index (κ1) is 94.0. The van der Waals surface area contributed by atoms with Crippen molar-refractivity contribution in [3.63, 3.8) is 0 Å². The number of aromatic nitrogens is 1. The highest BCUT2D eigenvalue weighted by atomic mass is 16.5. The van der Waals surface area contributed by atoms with Crippen molar-refractivity contribution in [3.8, 4) is 46.7 Å². The fourth-order valence-electron chi connectivity index (χ4n) is 14.8. The van der Waals surface area contributed by atoms with Gasteiger partial charge in [0.2, 0.25) is 0 Å². The van der Waals surface area contributed by atoms with Gasteiger partial charge in [0, 0.05) is 53.0 Å². The number of nitrogens with one attached hydrogen (secondary N) is 1. The van der Waals surface area contributed by atoms with Gasteiger partial charge >= 0.3 is 0 Å². The minimum Gasteiger partial charge on any atom is -0.493 e. The summed E-state index contributed by atoms with van der Waals surface area (Å²) in [7, 11) is 0. The van der Waals surface area contributed by atoms with Gasteiger partial charge < -0.3 is 24.3 Å². The molecule has 0 unspecified atom stereocenters. The lowest BCUT2D eigenvalue weighted by atomic mass is 10.0. The van der Waals surface area contributed by atoms with Gasteiger partial charge in [-0.3, -0.25) is 9.78 Å². The topological polar surface area (TPSA) is 78.9 Å². The Kier molecular flexibility index (Phi) is 62.3. The van der Waals surface area contributed by atoms with Gasteiger partial charge in [0.25, 0.3) is 5.91 Å². The maximum Gasteiger partial charge on any atom is 0.255 e. The fraction of sp³-hybridized carbons (Fsp3) is 0.720. The van der Waals surface area contributed by atoms with Gasteiger partial charge in [-0.05, 0) is 74.2 Å². The van der Waals surface area contributed by atoms with Gasteiger partial charge in [-0.25, -0.2) is 0 Å². The van der Waals surface area contributed by atoms with Crippen LogP contribution in [0, 0.1) is 23.7 Å². The molecular weight excluding hydrogens is 1310 g/mol. The van der Waals surface area contributed by atoms with E-state index in [2.05, 4.69) is 61.7 Å². The fourth-order valence-corrected chi connectivity index (χ4v) is 14.8. The van der Waals surface area contributed by atoms with Crippen molar-refractivity contribution in [1.29, 1.82) is 0 Å². The number of ether oxygens (including phenoxy) is 4. The molecule has 0 saturated carbocycles. The van der Waals surface area contributed by atoms with E-state index in [1.807, 2.05) is 66.7 Å². The molecule has 0 atom stereocenters. The molecule has 602 valence electrons. The maximum atomic E-state index is 14.2. The highest BCUT2D eigenvalue weighted by Gasteiger charge is 2.15. The molecule has 0 bridgehead atoms. The Morgan fingerprint density at radius 1 is 0.271 bits per heavy atom. The van der Waals surface area contributed by atoms with Gasteiger partial charge in [0.05, 0.1) is 37.6 Å². The number of nitrogens with zero attached hydrogens (tertiary/aromatic N) is 1. The molecule has 1 N–H and O–H groups in total. The first-order valence-electron chi connectivity index (χ1n) is 46.2. The van der Waals surface area contributed by atoms with E-state index < -0.39 is 0 Å². The Hall–Kier alpha value is -5.40. The van der Waals surface area contributed by atoms with Crippen molar-refractivity contribution in [3.05, 3.63) is 107 Å². The summed E-state index contributed by atoms with van der Waals surface area (Å²) in [5, 5.41) is 3.18. The van der Waals surface area contributed by atoms with Crippen molar-refractivity contribution in [2.45, 2.75) is 439 Å². The molecule has 107 heavy (non-hydrogen) atoms. The van der Waals surface area contributed by atoms with Crippen LogP contribution in [0.15, 0.2) is 79.1 Å². The maximum absolute atomic E-state index is 14.2. The predicted octanol–water partition coefficient (Wildman–Crippen LogP) is 31.7. The van der Waals surface area contributed by atoms with E-state index >= 15 is 0 Å². The van der Waals surface area contributed by atoms with E-state index in [9.17, 15) is 4.79 Å². The quantitative estimate of drug-likeness (QED) is 0.0351. The second kappa shape index (κ2) is 70.9. The first-order valence-corrected chi connectivity index (χ1v) is 46.2. The summed E-state index contributed by atoms with van der Waals surface area (Å²) in [5.74, 6) is 16.4. The summed E-state index contributed by atoms with van der Waals surface area (Å²) in [6, 6.07) is 21.5. The van der Waals surface area contributed by atoms with Gasteiger partial charge in [-0.2, -0.15) is 0 Å². The number of hydrogen-bond donors (Lipinski definition) is 1. The molecule has 1 amide bonds. The van der Waals surface area contributed by atoms with Crippen LogP contribution in [0.3, 0.4) is 0 Å². The monoisotopic (exact) mass is 1470 g/mol. The van der Waals surface area contributed by atoms with Crippen LogP contribution in [0.5, 0.6) is 23.0 Å². The Morgan fingerprint density at radius 2 is 0.505 bits per heavy atom. The number of carbonyl (C=O) groups excluding carboxylic acids is 1. The lowest BCUT2D eigenvalue weighted by Crippen LogP contribution is -2.12. The van der Waals surface area contributed by atoms with Crippen molar-refractivity contribution in [2.75, 3.05) is 31.7 Å². The molecular formula is C100H162N2O5. The average Bonchev–Trinajstić information content (AvgIpc) is 0.822. The van der Waals surface area contributed by atoms with Crippen LogP contribution in [0.1, 0.15) is 471 Å². The average molecular weight is 1470 g/mol. The molecule has 4 aromatic rings. The van der Waals surface area contributed by atoms with Gasteiger partial charge in [-0.15, -0.1) is 0 Å². The summed E-state index contributed by atoms with van der Waals surface area (Å²) < 4.78 is 26.2. The molecule has 0 spiro atoms. The number of hydrogen-bond acceptors (Lipinski definition) is 6. The van der Waals surface area contributed by atoms with Gasteiger partial charge in [0.1, 0.15) is 23.0 Å². The summed E-state index contributed by atoms with van der Waals surface area (Å²) in [6.45, 7) is 11.7. The Bertz CT molecular complexity index is 2730. The molecule has 1 aromatic heterocycles. The minimum absolute atomic E-state index is 0.200. The van der Waals surface area contributed by atoms with Crippen molar-refractivity contribution in [2.24, 2.45) is 0 Å². The molecule has 4 rings (SSSR count). The van der Waals surface area contributed by atoms with Crippen LogP contribution >= 0.6 is 0 Å². The highest BCUT2D eigenvalue weighted by Crippen LogP contribution is 2.31. The van der Waals surface area contributed by atoms with Gasteiger partial charge in [0.15, 0.2) is 0 Å². The van der Waals surface area contributed by atoms with Crippen molar-refractivity contribution >= 4 is 11.6 Å². The molecule has 0 radical (unpaired) electrons. The molecule has 0 aliphatic rings. The number of pyridine rings is 1. The molecule has 0 saturated heterocycles. The number of amides is 1. The second-order valence-corrected chi connectivity index (χ2v) is 31.9. The number of carbonyl (C=O) groups is 1. The van der Waals surface area contributed by atoms with Crippen molar-refractivity contribution < 1.29 is 23.7 Å². The molecule has 1 heterocycles. The minimum atomic E-state index is -0.200. The number of anilines is 1. The predicted molar refractivity (Wildman–Crippen MR) is 464 cm³/mol. The molecule has 0 fully saturated rings. The van der Waals surface area contributed by atoms with Crippen LogP contribution in [0.25, 0.3) is 0 Å². The Labute approximate surface area is 660 Å². The van der Waals surface area contributed by atoms with Crippen molar-refractivity contribution in [1.82, 2.24) is 4.98 Å². The summed E-state index contributed by atoms with van der Waals surface area (Å²) in [5.41, 5.74) is 4.52. The van der Waals surface area contributed by atoms with Crippen LogP contribution in [0.2, 0.25) is 0 Å². The standard InChI is InChI=1S/C100H162N2O5/c1-5-9-13-17-21-25-29-33-37-41-45-49-53-57-61-65-81-104-96-85-94(86-97(89-96)105-82-66-62-58-54-50-46-42-38-34-30-26-22-18-14-10-6-2)100(103)102-95-75-71-90(72-76-95)69-73-92-87-99(107-84-68-64-60-56-52-48-44-40-36-32-28-24-20-16-12-8-4)93(74-70-91-77-79-101-80-78-91)88-98(92)106-83-67-63-59-55-51-47-43-39-35-31-27-23-19-15-11-7-3/h71-72,75-80,85-89H,5-68,81-84H2,1-4H3,(H,102,103). The lowest BCUT2D eigenvalue weighted by Gasteiger charge is -2.14. The third kappa shape index (κ3) is 54.0. The van der Waals surface area contributed by atoms with E-state index in [1.165, 1.54) is 360 Å². The molecule has 3 aromatic carbocycles. The van der Waals surface area contributed by atoms with Crippen LogP contribution in [-0.4, -0.2) is 37.3 Å². The van der Waals surface area contributed by atoms with Crippen LogP contribution < -0.4 is 24.3 Å². The Morgan fingerprint density at radius 3 is 0.766 bits per heavy atom. The van der Waals surface area contributed by atoms with E-state index in [-0.39, 0.29) is 5.91 Å². The highest BCUT2D eigenvalue weighted by molar-refractivity contribution is 6.04. The molecule has 7 heteroatoms. The summed E-state index contributed by atoms with van der Waals surface area (Å²) >= 11 is 0. The SMILES string of the molecule is CCCCCCCCCCCCCCCCCCOc1cc(OCCCCCCCCCCCCCCCCCC)cc(C(=O)Nc2ccc(C#Cc3cc(OCCCCCCCCCCCCCCCCCC)c(C#Cc4ccncc4)cc3OCCCCCCCCCCCCCCCCCC)cc2)c1. The first-order chi connectivity index (χ1) is 53.0. The molecule has 0 aliphatic heterocycles. The summed E-state index contributed by atoms with van der Waals surface area (Å²) in [6.07, 6.45) is 88.9. The number of benzene rings is 3. The van der Waals surface area contributed by atoms with Crippen LogP contribution in [0.4, 0.5) is 5.69 Å². The summed E-state index contributed by atoms with van der Waals surface area (Å²) in [4.78, 5) is 18.4. The van der Waals surface area contributed by atoms with E-state index in [0.29, 0.717) is 49.2 Å². The number of unbranched alkanes of at least 4 members (excludes halogenated alkanes) is 60. The lowest BCUT2D eigenvalue weighted by molar-refractivity contribution is 0.102. The zero-order valence-corrected chi connectivity index (χ0v) is 70.1. The zero-order valence-electron chi connectivity index (χ0n) is 70.1. The number of rotatable bonds is 74. The normalized spacial score (nSPS) is 11.2. The molecule has 0 aliphatic carbocycles. The largest absolute Gasteiger partial charge is 0.493 e. The van der Waals surface area contributed by atoms with Crippen LogP contribution in [-0.2, 0) is 0 Å². The third-order valence-corrected chi connectivity index (χ3v) is 21.8. The Balaban J connectivity index is 1.38. The molecule has 7 nitrogen and oxygen atoms in total. The smallest absolute Gasteiger partial charge is 0.255 e. The van der Waals surface area contributed by atoms with E-state index in [0.717, 1.165) is 85.1 Å².